The van der Waals surface area contributed by atoms with Crippen LogP contribution in [-0.2, 0) is 6.54 Å². The largest absolute Gasteiger partial charge is 0.383 e. The number of allylic oxidation sites excluding steroid dienone is 1. The fourth-order valence-corrected chi connectivity index (χ4v) is 1.54. The molecule has 0 aliphatic carbocycles. The lowest BCUT2D eigenvalue weighted by Crippen LogP contribution is -2.00. The summed E-state index contributed by atoms with van der Waals surface area (Å²) in [5, 5.41) is 0. The number of nitrogens with two attached hydrogens (primary N) is 1. The van der Waals surface area contributed by atoms with E-state index >= 15 is 0 Å². The minimum Gasteiger partial charge on any atom is -0.383 e. The summed E-state index contributed by atoms with van der Waals surface area (Å²) in [7, 11) is 0. The predicted molar refractivity (Wildman–Crippen MR) is 62.2 cm³/mol. The normalized spacial score (nSPS) is 10.5. The van der Waals surface area contributed by atoms with Gasteiger partial charge in [-0.15, -0.1) is 6.58 Å². The van der Waals surface area contributed by atoms with Gasteiger partial charge in [0.25, 0.3) is 0 Å². The van der Waals surface area contributed by atoms with E-state index in [9.17, 15) is 8.78 Å². The molecule has 0 amide bonds. The molecular weight excluding hydrogens is 224 g/mol. The molecule has 0 radical (unpaired) electrons. The molecule has 88 valence electrons. The van der Waals surface area contributed by atoms with Crippen LogP contribution in [-0.4, -0.2) is 9.55 Å². The molecule has 0 saturated carbocycles. The molecule has 0 atom stereocenters. The molecule has 1 aromatic heterocycles. The van der Waals surface area contributed by atoms with Gasteiger partial charge in [0.15, 0.2) is 11.6 Å². The van der Waals surface area contributed by atoms with Crippen molar-refractivity contribution < 1.29 is 8.78 Å². The molecule has 0 unspecified atom stereocenters. The molecule has 0 bridgehead atoms. The number of aromatic nitrogens is 2. The number of anilines is 1. The van der Waals surface area contributed by atoms with Gasteiger partial charge in [0, 0.05) is 12.1 Å². The van der Waals surface area contributed by atoms with Gasteiger partial charge in [-0.3, -0.25) is 0 Å². The van der Waals surface area contributed by atoms with Gasteiger partial charge in [0.05, 0.1) is 6.33 Å². The lowest BCUT2D eigenvalue weighted by atomic mass is 10.1. The molecule has 0 fully saturated rings. The quantitative estimate of drug-likeness (QED) is 0.831. The van der Waals surface area contributed by atoms with Gasteiger partial charge in [0.1, 0.15) is 11.5 Å². The Hall–Kier alpha value is -2.17. The monoisotopic (exact) mass is 235 g/mol. The third-order valence-corrected chi connectivity index (χ3v) is 2.40. The predicted octanol–water partition coefficient (Wildman–Crippen LogP) is 2.60. The maximum absolute atomic E-state index is 13.1. The van der Waals surface area contributed by atoms with E-state index in [1.165, 1.54) is 12.4 Å². The highest BCUT2D eigenvalue weighted by Gasteiger charge is 2.11. The fourth-order valence-electron chi connectivity index (χ4n) is 1.54. The number of nitrogens with zero attached hydrogens (tertiary/aromatic N) is 2. The Morgan fingerprint density at radius 2 is 2.12 bits per heavy atom. The van der Waals surface area contributed by atoms with Crippen LogP contribution in [0.25, 0.3) is 11.3 Å². The third kappa shape index (κ3) is 2.04. The van der Waals surface area contributed by atoms with Gasteiger partial charge in [-0.2, -0.15) is 0 Å². The van der Waals surface area contributed by atoms with Gasteiger partial charge in [0.2, 0.25) is 0 Å². The molecule has 2 rings (SSSR count). The maximum atomic E-state index is 13.1. The Morgan fingerprint density at radius 3 is 2.76 bits per heavy atom. The lowest BCUT2D eigenvalue weighted by molar-refractivity contribution is 0.509. The van der Waals surface area contributed by atoms with Crippen molar-refractivity contribution in [2.75, 3.05) is 5.73 Å². The SMILES string of the molecule is C=CCn1cnc(-c2ccc(F)c(F)c2)c1N. The van der Waals surface area contributed by atoms with Crippen LogP contribution in [0, 0.1) is 11.6 Å². The average Bonchev–Trinajstić information content (AvgIpc) is 2.66. The van der Waals surface area contributed by atoms with Crippen molar-refractivity contribution in [3.63, 3.8) is 0 Å². The van der Waals surface area contributed by atoms with E-state index in [-0.39, 0.29) is 0 Å². The van der Waals surface area contributed by atoms with E-state index < -0.39 is 11.6 Å². The summed E-state index contributed by atoms with van der Waals surface area (Å²) in [4.78, 5) is 4.08. The number of halogens is 2. The maximum Gasteiger partial charge on any atom is 0.159 e. The van der Waals surface area contributed by atoms with E-state index in [1.807, 2.05) is 0 Å². The summed E-state index contributed by atoms with van der Waals surface area (Å²) < 4.78 is 27.6. The van der Waals surface area contributed by atoms with E-state index in [0.717, 1.165) is 12.1 Å². The van der Waals surface area contributed by atoms with E-state index in [0.29, 0.717) is 23.6 Å². The zero-order valence-electron chi connectivity index (χ0n) is 9.03. The Balaban J connectivity index is 2.46. The Labute approximate surface area is 97.2 Å². The highest BCUT2D eigenvalue weighted by atomic mass is 19.2. The second-order valence-electron chi connectivity index (χ2n) is 3.55. The summed E-state index contributed by atoms with van der Waals surface area (Å²) >= 11 is 0. The number of imidazole rings is 1. The molecule has 0 spiro atoms. The summed E-state index contributed by atoms with van der Waals surface area (Å²) in [6.45, 7) is 4.11. The van der Waals surface area contributed by atoms with E-state index in [4.69, 9.17) is 5.73 Å². The lowest BCUT2D eigenvalue weighted by Gasteiger charge is -2.03. The smallest absolute Gasteiger partial charge is 0.159 e. The van der Waals surface area contributed by atoms with Crippen molar-refractivity contribution in [3.05, 3.63) is 48.8 Å². The number of hydrogen-bond donors (Lipinski definition) is 1. The molecule has 0 saturated heterocycles. The molecule has 2 N–H and O–H groups in total. The first kappa shape index (κ1) is 11.3. The average molecular weight is 235 g/mol. The topological polar surface area (TPSA) is 43.8 Å². The van der Waals surface area contributed by atoms with Crippen molar-refractivity contribution in [2.45, 2.75) is 6.54 Å². The van der Waals surface area contributed by atoms with Gasteiger partial charge < -0.3 is 10.3 Å². The zero-order valence-corrected chi connectivity index (χ0v) is 9.03. The van der Waals surface area contributed by atoms with Crippen molar-refractivity contribution >= 4 is 5.82 Å². The molecule has 17 heavy (non-hydrogen) atoms. The Morgan fingerprint density at radius 1 is 1.35 bits per heavy atom. The van der Waals surface area contributed by atoms with Crippen LogP contribution in [0.2, 0.25) is 0 Å². The van der Waals surface area contributed by atoms with Crippen molar-refractivity contribution in [3.8, 4) is 11.3 Å². The minimum atomic E-state index is -0.917. The van der Waals surface area contributed by atoms with Crippen LogP contribution in [0.1, 0.15) is 0 Å². The molecule has 0 aliphatic heterocycles. The molecule has 1 heterocycles. The van der Waals surface area contributed by atoms with Gasteiger partial charge in [-0.25, -0.2) is 13.8 Å². The number of nitrogen functional groups attached to an aromatic ring is 1. The Kier molecular flexibility index (Phi) is 2.91. The molecule has 0 aliphatic rings. The molecule has 3 nitrogen and oxygen atoms in total. The van der Waals surface area contributed by atoms with Crippen molar-refractivity contribution in [2.24, 2.45) is 0 Å². The standard InChI is InChI=1S/C12H11F2N3/c1-2-5-17-7-16-11(12(17)15)8-3-4-9(13)10(14)6-8/h2-4,6-7H,1,5,15H2. The minimum absolute atomic E-state index is 0.399. The molecule has 5 heteroatoms. The second-order valence-corrected chi connectivity index (χ2v) is 3.55. The highest BCUT2D eigenvalue weighted by Crippen LogP contribution is 2.25. The van der Waals surface area contributed by atoms with Crippen molar-refractivity contribution in [1.82, 2.24) is 9.55 Å². The van der Waals surface area contributed by atoms with Gasteiger partial charge >= 0.3 is 0 Å². The number of benzene rings is 1. The van der Waals surface area contributed by atoms with Crippen LogP contribution < -0.4 is 5.73 Å². The summed E-state index contributed by atoms with van der Waals surface area (Å²) in [5.41, 5.74) is 6.73. The van der Waals surface area contributed by atoms with Crippen molar-refractivity contribution in [1.29, 1.82) is 0 Å². The van der Waals surface area contributed by atoms with Crippen LogP contribution in [0.4, 0.5) is 14.6 Å². The van der Waals surface area contributed by atoms with E-state index in [2.05, 4.69) is 11.6 Å². The summed E-state index contributed by atoms with van der Waals surface area (Å²) in [6.07, 6.45) is 3.21. The molecule has 1 aromatic carbocycles. The molecular formula is C12H11F2N3. The van der Waals surface area contributed by atoms with Crippen LogP contribution >= 0.6 is 0 Å². The third-order valence-electron chi connectivity index (χ3n) is 2.40. The molecule has 2 aromatic rings. The first-order chi connectivity index (χ1) is 8.13. The number of rotatable bonds is 3. The fraction of sp³-hybridized carbons (Fsp3) is 0.0833. The summed E-state index contributed by atoms with van der Waals surface area (Å²) in [6, 6.07) is 3.57. The van der Waals surface area contributed by atoms with Gasteiger partial charge in [-0.1, -0.05) is 6.08 Å². The van der Waals surface area contributed by atoms with Gasteiger partial charge in [-0.05, 0) is 18.2 Å². The first-order valence-corrected chi connectivity index (χ1v) is 5.00. The van der Waals surface area contributed by atoms with Crippen LogP contribution in [0.5, 0.6) is 0 Å². The first-order valence-electron chi connectivity index (χ1n) is 5.00. The Bertz CT molecular complexity index is 561. The highest BCUT2D eigenvalue weighted by molar-refractivity contribution is 5.70. The van der Waals surface area contributed by atoms with Crippen LogP contribution in [0.3, 0.4) is 0 Å². The van der Waals surface area contributed by atoms with E-state index in [1.54, 1.807) is 10.6 Å². The zero-order chi connectivity index (χ0) is 12.4. The second kappa shape index (κ2) is 4.37. The van der Waals surface area contributed by atoms with Crippen LogP contribution in [0.15, 0.2) is 37.2 Å². The summed E-state index contributed by atoms with van der Waals surface area (Å²) in [5.74, 6) is -1.41. The number of hydrogen-bond acceptors (Lipinski definition) is 2.